The molecule has 1 heterocycles. The van der Waals surface area contributed by atoms with Gasteiger partial charge in [-0.3, -0.25) is 9.69 Å². The summed E-state index contributed by atoms with van der Waals surface area (Å²) in [5, 5.41) is 3.09. The molecule has 2 fully saturated rings. The van der Waals surface area contributed by atoms with Crippen LogP contribution in [0.15, 0.2) is 30.3 Å². The largest absolute Gasteiger partial charge is 0.353 e. The van der Waals surface area contributed by atoms with Gasteiger partial charge in [0.05, 0.1) is 5.92 Å². The molecule has 1 saturated carbocycles. The van der Waals surface area contributed by atoms with E-state index in [1.807, 2.05) is 6.07 Å². The van der Waals surface area contributed by atoms with Gasteiger partial charge in [-0.1, -0.05) is 30.3 Å². The van der Waals surface area contributed by atoms with Crippen LogP contribution in [0.1, 0.15) is 24.8 Å². The Morgan fingerprint density at radius 3 is 2.43 bits per heavy atom. The third-order valence-corrected chi connectivity index (χ3v) is 5.16. The molecule has 1 saturated heterocycles. The predicted octanol–water partition coefficient (Wildman–Crippen LogP) is 2.96. The number of halogens is 2. The normalized spacial score (nSPS) is 25.5. The number of amides is 1. The second-order valence-electron chi connectivity index (χ2n) is 6.06. The molecule has 0 unspecified atom stereocenters. The van der Waals surface area contributed by atoms with Crippen LogP contribution < -0.4 is 5.32 Å². The zero-order chi connectivity index (χ0) is 14.9. The van der Waals surface area contributed by atoms with E-state index in [9.17, 15) is 4.79 Å². The second-order valence-corrected chi connectivity index (χ2v) is 7.60. The lowest BCUT2D eigenvalue weighted by atomic mass is 10.0. The quantitative estimate of drug-likeness (QED) is 0.863. The number of alkyl halides is 2. The highest BCUT2D eigenvalue weighted by molar-refractivity contribution is 6.52. The lowest BCUT2D eigenvalue weighted by molar-refractivity contribution is -0.123. The molecule has 5 heteroatoms. The molecule has 1 amide bonds. The highest BCUT2D eigenvalue weighted by atomic mass is 35.5. The van der Waals surface area contributed by atoms with Gasteiger partial charge in [0, 0.05) is 25.7 Å². The Morgan fingerprint density at radius 1 is 1.24 bits per heavy atom. The van der Waals surface area contributed by atoms with Gasteiger partial charge in [0.25, 0.3) is 0 Å². The molecule has 1 aliphatic heterocycles. The summed E-state index contributed by atoms with van der Waals surface area (Å²) < 4.78 is -0.821. The van der Waals surface area contributed by atoms with Gasteiger partial charge in [-0.2, -0.15) is 0 Å². The van der Waals surface area contributed by atoms with Gasteiger partial charge in [0.1, 0.15) is 4.33 Å². The van der Waals surface area contributed by atoms with Crippen molar-refractivity contribution < 1.29 is 4.79 Å². The highest BCUT2D eigenvalue weighted by Crippen LogP contribution is 2.53. The number of hydrogen-bond donors (Lipinski definition) is 1. The third kappa shape index (κ3) is 3.91. The number of nitrogens with one attached hydrogen (secondary N) is 1. The van der Waals surface area contributed by atoms with E-state index < -0.39 is 4.33 Å². The van der Waals surface area contributed by atoms with E-state index in [2.05, 4.69) is 34.5 Å². The first-order valence-corrected chi connectivity index (χ1v) is 8.25. The number of carbonyl (C=O) groups is 1. The molecule has 1 aromatic carbocycles. The van der Waals surface area contributed by atoms with Crippen molar-refractivity contribution in [2.45, 2.75) is 36.2 Å². The van der Waals surface area contributed by atoms with Crippen molar-refractivity contribution in [2.75, 3.05) is 13.1 Å². The molecule has 0 spiro atoms. The van der Waals surface area contributed by atoms with Gasteiger partial charge in [-0.25, -0.2) is 0 Å². The van der Waals surface area contributed by atoms with Crippen molar-refractivity contribution in [3.8, 4) is 0 Å². The van der Waals surface area contributed by atoms with E-state index in [-0.39, 0.29) is 17.9 Å². The van der Waals surface area contributed by atoms with Crippen molar-refractivity contribution in [1.82, 2.24) is 10.2 Å². The van der Waals surface area contributed by atoms with Crippen molar-refractivity contribution in [3.05, 3.63) is 35.9 Å². The Kier molecular flexibility index (Phi) is 4.43. The maximum Gasteiger partial charge on any atom is 0.226 e. The summed E-state index contributed by atoms with van der Waals surface area (Å²) in [6.45, 7) is 3.01. The summed E-state index contributed by atoms with van der Waals surface area (Å²) in [7, 11) is 0. The van der Waals surface area contributed by atoms with E-state index in [0.717, 1.165) is 32.5 Å². The fourth-order valence-corrected chi connectivity index (χ4v) is 3.38. The Balaban J connectivity index is 1.42. The smallest absolute Gasteiger partial charge is 0.226 e. The second kappa shape index (κ2) is 6.15. The number of piperidine rings is 1. The first kappa shape index (κ1) is 15.1. The van der Waals surface area contributed by atoms with Crippen LogP contribution >= 0.6 is 23.2 Å². The summed E-state index contributed by atoms with van der Waals surface area (Å²) in [6.07, 6.45) is 2.56. The first-order chi connectivity index (χ1) is 10.0. The number of rotatable bonds is 4. The molecule has 1 atom stereocenters. The van der Waals surface area contributed by atoms with Gasteiger partial charge in [-0.15, -0.1) is 23.2 Å². The summed E-state index contributed by atoms with van der Waals surface area (Å²) in [5.41, 5.74) is 1.34. The Labute approximate surface area is 135 Å². The molecule has 21 heavy (non-hydrogen) atoms. The van der Waals surface area contributed by atoms with Crippen LogP contribution in [0.3, 0.4) is 0 Å². The summed E-state index contributed by atoms with van der Waals surface area (Å²) in [6, 6.07) is 10.7. The Hall–Kier alpha value is -0.770. The average molecular weight is 327 g/mol. The molecule has 0 aromatic heterocycles. The summed E-state index contributed by atoms with van der Waals surface area (Å²) in [4.78, 5) is 14.4. The van der Waals surface area contributed by atoms with E-state index in [1.165, 1.54) is 5.56 Å². The lowest BCUT2D eigenvalue weighted by Gasteiger charge is -2.32. The molecule has 1 aromatic rings. The topological polar surface area (TPSA) is 32.3 Å². The number of carbonyl (C=O) groups excluding carboxylic acids is 1. The van der Waals surface area contributed by atoms with E-state index >= 15 is 0 Å². The molecule has 114 valence electrons. The van der Waals surface area contributed by atoms with Gasteiger partial charge in [0.15, 0.2) is 0 Å². The van der Waals surface area contributed by atoms with E-state index in [4.69, 9.17) is 23.2 Å². The van der Waals surface area contributed by atoms with Crippen molar-refractivity contribution >= 4 is 29.1 Å². The highest BCUT2D eigenvalue weighted by Gasteiger charge is 2.56. The van der Waals surface area contributed by atoms with Gasteiger partial charge in [0.2, 0.25) is 5.91 Å². The molecule has 1 aliphatic carbocycles. The van der Waals surface area contributed by atoms with Crippen LogP contribution in [-0.4, -0.2) is 34.3 Å². The molecular formula is C16H20Cl2N2O. The summed E-state index contributed by atoms with van der Waals surface area (Å²) in [5.74, 6) is -0.204. The maximum absolute atomic E-state index is 12.0. The van der Waals surface area contributed by atoms with Crippen molar-refractivity contribution in [2.24, 2.45) is 5.92 Å². The predicted molar refractivity (Wildman–Crippen MR) is 85.4 cm³/mol. The minimum Gasteiger partial charge on any atom is -0.353 e. The zero-order valence-corrected chi connectivity index (χ0v) is 13.4. The van der Waals surface area contributed by atoms with Crippen LogP contribution in [0.5, 0.6) is 0 Å². The third-order valence-electron chi connectivity index (χ3n) is 4.33. The number of hydrogen-bond acceptors (Lipinski definition) is 2. The molecule has 3 nitrogen and oxygen atoms in total. The fourth-order valence-electron chi connectivity index (χ4n) is 2.88. The number of likely N-dealkylation sites (tertiary alicyclic amines) is 1. The first-order valence-electron chi connectivity index (χ1n) is 7.49. The standard InChI is InChI=1S/C16H20Cl2N2O/c17-16(18)10-14(16)15(21)19-13-6-8-20(9-7-13)11-12-4-2-1-3-5-12/h1-5,13-14H,6-11H2,(H,19,21)/t14-/m1/s1. The minimum atomic E-state index is -0.821. The Bertz CT molecular complexity index is 498. The van der Waals surface area contributed by atoms with Crippen molar-refractivity contribution in [1.29, 1.82) is 0 Å². The van der Waals surface area contributed by atoms with Gasteiger partial charge < -0.3 is 5.32 Å². The molecule has 1 N–H and O–H groups in total. The van der Waals surface area contributed by atoms with Crippen LogP contribution in [0.4, 0.5) is 0 Å². The monoisotopic (exact) mass is 326 g/mol. The van der Waals surface area contributed by atoms with Gasteiger partial charge in [-0.05, 0) is 24.8 Å². The average Bonchev–Trinajstić information content (AvgIpc) is 3.11. The molecular weight excluding hydrogens is 307 g/mol. The van der Waals surface area contributed by atoms with Crippen LogP contribution in [0, 0.1) is 5.92 Å². The lowest BCUT2D eigenvalue weighted by Crippen LogP contribution is -2.45. The minimum absolute atomic E-state index is 0.0153. The fraction of sp³-hybridized carbons (Fsp3) is 0.562. The molecule has 2 aliphatic rings. The molecule has 3 rings (SSSR count). The van der Waals surface area contributed by atoms with E-state index in [1.54, 1.807) is 0 Å². The molecule has 0 radical (unpaired) electrons. The maximum atomic E-state index is 12.0. The van der Waals surface area contributed by atoms with Crippen LogP contribution in [0.25, 0.3) is 0 Å². The number of nitrogens with zero attached hydrogens (tertiary/aromatic N) is 1. The molecule has 0 bridgehead atoms. The van der Waals surface area contributed by atoms with Crippen LogP contribution in [-0.2, 0) is 11.3 Å². The summed E-state index contributed by atoms with van der Waals surface area (Å²) >= 11 is 11.9. The van der Waals surface area contributed by atoms with E-state index in [0.29, 0.717) is 6.42 Å². The van der Waals surface area contributed by atoms with Crippen LogP contribution in [0.2, 0.25) is 0 Å². The van der Waals surface area contributed by atoms with Crippen molar-refractivity contribution in [3.63, 3.8) is 0 Å². The van der Waals surface area contributed by atoms with Gasteiger partial charge >= 0.3 is 0 Å². The zero-order valence-electron chi connectivity index (χ0n) is 11.9. The SMILES string of the molecule is O=C(NC1CCN(Cc2ccccc2)CC1)[C@H]1CC1(Cl)Cl. The number of benzene rings is 1. The Morgan fingerprint density at radius 2 is 1.86 bits per heavy atom.